The van der Waals surface area contributed by atoms with E-state index < -0.39 is 0 Å². The van der Waals surface area contributed by atoms with Gasteiger partial charge in [0, 0.05) is 15.5 Å². The summed E-state index contributed by atoms with van der Waals surface area (Å²) in [7, 11) is 1.95. The van der Waals surface area contributed by atoms with Crippen LogP contribution in [0.2, 0.25) is 15.1 Å². The zero-order valence-corrected chi connectivity index (χ0v) is 15.3. The highest BCUT2D eigenvalue weighted by Gasteiger charge is 2.12. The minimum atomic E-state index is 0.279. The van der Waals surface area contributed by atoms with E-state index >= 15 is 0 Å². The Balaban J connectivity index is 2.10. The van der Waals surface area contributed by atoms with Crippen molar-refractivity contribution in [3.8, 4) is 0 Å². The summed E-state index contributed by atoms with van der Waals surface area (Å²) in [6.45, 7) is 0. The second-order valence-corrected chi connectivity index (χ2v) is 7.02. The molecule has 0 amide bonds. The molecule has 0 aliphatic heterocycles. The van der Waals surface area contributed by atoms with Crippen molar-refractivity contribution in [2.24, 2.45) is 0 Å². The monoisotopic (exact) mass is 405 g/mol. The molecule has 2 aromatic carbocycles. The number of hydrogen-bond donors (Lipinski definition) is 1. The standard InChI is InChI=1S/C16H15BrCl3N/c1-21-13(6-10-2-5-14(18)16(20)7-10)8-11-3-4-12(17)9-15(11)19/h2-5,7,9,13,21H,6,8H2,1H3. The highest BCUT2D eigenvalue weighted by Crippen LogP contribution is 2.25. The van der Waals surface area contributed by atoms with Crippen molar-refractivity contribution in [1.82, 2.24) is 5.32 Å². The number of rotatable bonds is 5. The molecule has 0 saturated heterocycles. The van der Waals surface area contributed by atoms with Crippen molar-refractivity contribution in [2.45, 2.75) is 18.9 Å². The molecular weight excluding hydrogens is 392 g/mol. The quantitative estimate of drug-likeness (QED) is 0.662. The first-order valence-corrected chi connectivity index (χ1v) is 8.47. The van der Waals surface area contributed by atoms with Crippen LogP contribution in [-0.4, -0.2) is 13.1 Å². The summed E-state index contributed by atoms with van der Waals surface area (Å²) in [5.74, 6) is 0. The maximum atomic E-state index is 6.28. The lowest BCUT2D eigenvalue weighted by Crippen LogP contribution is -2.30. The van der Waals surface area contributed by atoms with Gasteiger partial charge in [0.2, 0.25) is 0 Å². The first-order valence-electron chi connectivity index (χ1n) is 6.54. The molecule has 1 N–H and O–H groups in total. The predicted octanol–water partition coefficient (Wildman–Crippen LogP) is 5.78. The van der Waals surface area contributed by atoms with Crippen LogP contribution in [0, 0.1) is 0 Å². The summed E-state index contributed by atoms with van der Waals surface area (Å²) in [6, 6.07) is 12.0. The van der Waals surface area contributed by atoms with Crippen LogP contribution in [0.5, 0.6) is 0 Å². The average molecular weight is 408 g/mol. The van der Waals surface area contributed by atoms with Gasteiger partial charge in [0.15, 0.2) is 0 Å². The van der Waals surface area contributed by atoms with Crippen molar-refractivity contribution in [2.75, 3.05) is 7.05 Å². The van der Waals surface area contributed by atoms with Crippen LogP contribution in [0.25, 0.3) is 0 Å². The van der Waals surface area contributed by atoms with E-state index in [1.807, 2.05) is 43.4 Å². The first kappa shape index (κ1) is 17.1. The van der Waals surface area contributed by atoms with Crippen molar-refractivity contribution in [3.05, 3.63) is 67.1 Å². The Bertz CT molecular complexity index is 631. The molecule has 5 heteroatoms. The molecule has 112 valence electrons. The normalized spacial score (nSPS) is 12.4. The van der Waals surface area contributed by atoms with Crippen molar-refractivity contribution >= 4 is 50.7 Å². The Kier molecular flexibility index (Phi) is 6.39. The van der Waals surface area contributed by atoms with Gasteiger partial charge in [-0.05, 0) is 55.3 Å². The van der Waals surface area contributed by atoms with Crippen LogP contribution in [-0.2, 0) is 12.8 Å². The van der Waals surface area contributed by atoms with E-state index in [0.29, 0.717) is 10.0 Å². The Morgan fingerprint density at radius 1 is 0.952 bits per heavy atom. The number of nitrogens with one attached hydrogen (secondary N) is 1. The molecular formula is C16H15BrCl3N. The number of likely N-dealkylation sites (N-methyl/N-ethyl adjacent to an activating group) is 1. The molecule has 0 saturated carbocycles. The minimum Gasteiger partial charge on any atom is -0.316 e. The molecule has 0 aromatic heterocycles. The molecule has 0 heterocycles. The van der Waals surface area contributed by atoms with Crippen LogP contribution in [0.3, 0.4) is 0 Å². The van der Waals surface area contributed by atoms with Gasteiger partial charge < -0.3 is 5.32 Å². The second kappa shape index (κ2) is 7.85. The minimum absolute atomic E-state index is 0.279. The Hall–Kier alpha value is -0.250. The van der Waals surface area contributed by atoms with Gasteiger partial charge in [-0.15, -0.1) is 0 Å². The lowest BCUT2D eigenvalue weighted by atomic mass is 9.99. The lowest BCUT2D eigenvalue weighted by Gasteiger charge is -2.17. The zero-order valence-electron chi connectivity index (χ0n) is 11.5. The number of benzene rings is 2. The van der Waals surface area contributed by atoms with Gasteiger partial charge in [0.05, 0.1) is 10.0 Å². The van der Waals surface area contributed by atoms with Gasteiger partial charge >= 0.3 is 0 Å². The number of halogens is 4. The van der Waals surface area contributed by atoms with E-state index in [-0.39, 0.29) is 6.04 Å². The largest absolute Gasteiger partial charge is 0.316 e. The lowest BCUT2D eigenvalue weighted by molar-refractivity contribution is 0.556. The van der Waals surface area contributed by atoms with Crippen LogP contribution in [0.4, 0.5) is 0 Å². The van der Waals surface area contributed by atoms with Crippen LogP contribution >= 0.6 is 50.7 Å². The van der Waals surface area contributed by atoms with Crippen molar-refractivity contribution < 1.29 is 0 Å². The maximum Gasteiger partial charge on any atom is 0.0595 e. The van der Waals surface area contributed by atoms with Gasteiger partial charge in [-0.25, -0.2) is 0 Å². The molecule has 1 nitrogen and oxygen atoms in total. The van der Waals surface area contributed by atoms with Gasteiger partial charge in [-0.1, -0.05) is 62.9 Å². The highest BCUT2D eigenvalue weighted by molar-refractivity contribution is 9.10. The molecule has 1 unspecified atom stereocenters. The molecule has 21 heavy (non-hydrogen) atoms. The highest BCUT2D eigenvalue weighted by atomic mass is 79.9. The third-order valence-electron chi connectivity index (χ3n) is 3.36. The molecule has 0 spiro atoms. The smallest absolute Gasteiger partial charge is 0.0595 e. The summed E-state index contributed by atoms with van der Waals surface area (Å²) in [4.78, 5) is 0. The number of hydrogen-bond acceptors (Lipinski definition) is 1. The molecule has 2 rings (SSSR count). The first-order chi connectivity index (χ1) is 9.99. The fourth-order valence-electron chi connectivity index (χ4n) is 2.18. The predicted molar refractivity (Wildman–Crippen MR) is 95.9 cm³/mol. The molecule has 1 atom stereocenters. The molecule has 0 bridgehead atoms. The summed E-state index contributed by atoms with van der Waals surface area (Å²) in [5, 5.41) is 5.27. The van der Waals surface area contributed by atoms with E-state index in [0.717, 1.165) is 33.5 Å². The summed E-state index contributed by atoms with van der Waals surface area (Å²) in [5.41, 5.74) is 2.27. The summed E-state index contributed by atoms with van der Waals surface area (Å²) >= 11 is 21.7. The SMILES string of the molecule is CNC(Cc1ccc(Cl)c(Cl)c1)Cc1ccc(Br)cc1Cl. The van der Waals surface area contributed by atoms with Crippen molar-refractivity contribution in [3.63, 3.8) is 0 Å². The van der Waals surface area contributed by atoms with E-state index in [1.54, 1.807) is 0 Å². The van der Waals surface area contributed by atoms with Gasteiger partial charge in [0.25, 0.3) is 0 Å². The Morgan fingerprint density at radius 3 is 2.33 bits per heavy atom. The van der Waals surface area contributed by atoms with Crippen molar-refractivity contribution in [1.29, 1.82) is 0 Å². The summed E-state index contributed by atoms with van der Waals surface area (Å²) in [6.07, 6.45) is 1.71. The third kappa shape index (κ3) is 4.87. The van der Waals surface area contributed by atoms with Gasteiger partial charge in [-0.3, -0.25) is 0 Å². The molecule has 2 aromatic rings. The fraction of sp³-hybridized carbons (Fsp3) is 0.250. The van der Waals surface area contributed by atoms with Gasteiger partial charge in [-0.2, -0.15) is 0 Å². The Labute approximate surface area is 148 Å². The molecule has 0 radical (unpaired) electrons. The van der Waals surface area contributed by atoms with Crippen LogP contribution < -0.4 is 5.32 Å². The molecule has 0 aliphatic rings. The van der Waals surface area contributed by atoms with Crippen LogP contribution in [0.1, 0.15) is 11.1 Å². The van der Waals surface area contributed by atoms with E-state index in [1.165, 1.54) is 0 Å². The fourth-order valence-corrected chi connectivity index (χ4v) is 3.25. The van der Waals surface area contributed by atoms with E-state index in [2.05, 4.69) is 21.2 Å². The zero-order chi connectivity index (χ0) is 15.4. The second-order valence-electron chi connectivity index (χ2n) is 4.88. The molecule has 0 aliphatic carbocycles. The van der Waals surface area contributed by atoms with Gasteiger partial charge in [0.1, 0.15) is 0 Å². The third-order valence-corrected chi connectivity index (χ3v) is 4.94. The average Bonchev–Trinajstić information content (AvgIpc) is 2.44. The maximum absolute atomic E-state index is 6.28. The van der Waals surface area contributed by atoms with E-state index in [4.69, 9.17) is 34.8 Å². The topological polar surface area (TPSA) is 12.0 Å². The van der Waals surface area contributed by atoms with Crippen LogP contribution in [0.15, 0.2) is 40.9 Å². The molecule has 0 fully saturated rings. The Morgan fingerprint density at radius 2 is 1.71 bits per heavy atom. The van der Waals surface area contributed by atoms with E-state index in [9.17, 15) is 0 Å². The summed E-state index contributed by atoms with van der Waals surface area (Å²) < 4.78 is 0.988.